The van der Waals surface area contributed by atoms with E-state index in [0.717, 1.165) is 18.2 Å². The molecule has 0 spiro atoms. The van der Waals surface area contributed by atoms with Crippen molar-refractivity contribution in [3.8, 4) is 0 Å². The summed E-state index contributed by atoms with van der Waals surface area (Å²) in [6.07, 6.45) is -1.33. The summed E-state index contributed by atoms with van der Waals surface area (Å²) in [6.45, 7) is 0. The summed E-state index contributed by atoms with van der Waals surface area (Å²) >= 11 is 0. The Labute approximate surface area is 129 Å². The molecule has 0 saturated heterocycles. The van der Waals surface area contributed by atoms with Crippen LogP contribution in [0, 0.1) is 23.3 Å². The number of benzene rings is 2. The average molecular weight is 349 g/mol. The van der Waals surface area contributed by atoms with E-state index in [-0.39, 0.29) is 11.3 Å². The highest BCUT2D eigenvalue weighted by atomic mass is 32.2. The normalized spacial score (nSPS) is 13.0. The summed E-state index contributed by atoms with van der Waals surface area (Å²) in [6, 6.07) is 3.79. The molecule has 2 rings (SSSR count). The van der Waals surface area contributed by atoms with Gasteiger partial charge in [-0.3, -0.25) is 0 Å². The second-order valence-corrected chi connectivity index (χ2v) is 6.10. The molecule has 5 nitrogen and oxygen atoms in total. The van der Waals surface area contributed by atoms with Crippen LogP contribution in [0.5, 0.6) is 0 Å². The van der Waals surface area contributed by atoms with Crippen molar-refractivity contribution in [2.45, 2.75) is 11.1 Å². The lowest BCUT2D eigenvalue weighted by atomic mass is 10.1. The molecule has 2 aromatic carbocycles. The van der Waals surface area contributed by atoms with Crippen LogP contribution in [0.1, 0.15) is 11.7 Å². The van der Waals surface area contributed by atoms with E-state index in [2.05, 4.69) is 5.32 Å². The zero-order chi connectivity index (χ0) is 17.4. The Balaban J connectivity index is 2.36. The highest BCUT2D eigenvalue weighted by molar-refractivity contribution is 7.89. The van der Waals surface area contributed by atoms with Gasteiger partial charge in [0.2, 0.25) is 10.0 Å². The van der Waals surface area contributed by atoms with Gasteiger partial charge in [-0.1, -0.05) is 0 Å². The Kier molecular flexibility index (Phi) is 4.59. The van der Waals surface area contributed by atoms with Gasteiger partial charge in [0.25, 0.3) is 0 Å². The number of nitrogens with two attached hydrogens (primary N) is 2. The van der Waals surface area contributed by atoms with Crippen molar-refractivity contribution in [3.05, 3.63) is 59.2 Å². The van der Waals surface area contributed by atoms with Gasteiger partial charge in [0.1, 0.15) is 29.4 Å². The first-order valence-corrected chi connectivity index (χ1v) is 7.63. The highest BCUT2D eigenvalue weighted by Gasteiger charge is 2.22. The van der Waals surface area contributed by atoms with E-state index >= 15 is 0 Å². The first-order valence-electron chi connectivity index (χ1n) is 6.08. The second-order valence-electron chi connectivity index (χ2n) is 4.60. The maximum absolute atomic E-state index is 13.7. The zero-order valence-corrected chi connectivity index (χ0v) is 12.2. The minimum atomic E-state index is -4.59. The summed E-state index contributed by atoms with van der Waals surface area (Å²) in [4.78, 5) is -1.30. The van der Waals surface area contributed by atoms with Crippen molar-refractivity contribution in [2.24, 2.45) is 10.9 Å². The van der Waals surface area contributed by atoms with Gasteiger partial charge in [0.05, 0.1) is 0 Å². The number of nitrogens with one attached hydrogen (secondary N) is 1. The van der Waals surface area contributed by atoms with Crippen LogP contribution in [0.15, 0.2) is 35.2 Å². The predicted molar refractivity (Wildman–Crippen MR) is 74.6 cm³/mol. The first-order chi connectivity index (χ1) is 10.6. The van der Waals surface area contributed by atoms with E-state index in [9.17, 15) is 26.0 Å². The standard InChI is InChI=1S/C13H11F4N3O2S/c14-6-1-2-9(15)8(3-6)13(18)20-7-4-10(16)12(11(17)5-7)23(19,21)22/h1-5,13,20H,18H2,(H2,19,21,22)/t13-/m1/s1. The molecule has 0 unspecified atom stereocenters. The van der Waals surface area contributed by atoms with Crippen LogP contribution in [0.3, 0.4) is 0 Å². The number of rotatable bonds is 4. The topological polar surface area (TPSA) is 98.2 Å². The summed E-state index contributed by atoms with van der Waals surface area (Å²) in [7, 11) is -4.59. The molecule has 0 radical (unpaired) electrons. The van der Waals surface area contributed by atoms with Crippen molar-refractivity contribution in [2.75, 3.05) is 5.32 Å². The van der Waals surface area contributed by atoms with Crippen LogP contribution in [0.4, 0.5) is 23.2 Å². The van der Waals surface area contributed by atoms with Crippen molar-refractivity contribution in [1.82, 2.24) is 0 Å². The summed E-state index contributed by atoms with van der Waals surface area (Å²) in [5.41, 5.74) is 5.06. The van der Waals surface area contributed by atoms with E-state index in [1.807, 2.05) is 0 Å². The number of primary sulfonamides is 1. The Hall–Kier alpha value is -2.17. The quantitative estimate of drug-likeness (QED) is 0.580. The lowest BCUT2D eigenvalue weighted by Crippen LogP contribution is -2.22. The molecule has 0 heterocycles. The molecule has 1 atom stereocenters. The van der Waals surface area contributed by atoms with Crippen LogP contribution in [0.2, 0.25) is 0 Å². The maximum atomic E-state index is 13.7. The summed E-state index contributed by atoms with van der Waals surface area (Å²) in [5, 5.41) is 7.04. The predicted octanol–water partition coefficient (Wildman–Crippen LogP) is 1.96. The Morgan fingerprint density at radius 3 is 2.04 bits per heavy atom. The van der Waals surface area contributed by atoms with Gasteiger partial charge in [-0.05, 0) is 30.3 Å². The van der Waals surface area contributed by atoms with E-state index in [0.29, 0.717) is 12.1 Å². The van der Waals surface area contributed by atoms with Crippen LogP contribution >= 0.6 is 0 Å². The first kappa shape index (κ1) is 17.2. The fourth-order valence-corrected chi connectivity index (χ4v) is 2.59. The molecular formula is C13H11F4N3O2S. The monoisotopic (exact) mass is 349 g/mol. The molecule has 0 saturated carbocycles. The molecule has 124 valence electrons. The SMILES string of the molecule is N[C@H](Nc1cc(F)c(S(N)(=O)=O)c(F)c1)c1cc(F)ccc1F. The molecule has 0 amide bonds. The Morgan fingerprint density at radius 2 is 1.52 bits per heavy atom. The average Bonchev–Trinajstić information content (AvgIpc) is 2.38. The number of hydrogen-bond donors (Lipinski definition) is 3. The van der Waals surface area contributed by atoms with Crippen molar-refractivity contribution in [1.29, 1.82) is 0 Å². The molecule has 0 aromatic heterocycles. The number of hydrogen-bond acceptors (Lipinski definition) is 4. The zero-order valence-electron chi connectivity index (χ0n) is 11.4. The van der Waals surface area contributed by atoms with E-state index in [4.69, 9.17) is 10.9 Å². The molecule has 5 N–H and O–H groups in total. The maximum Gasteiger partial charge on any atom is 0.243 e. The summed E-state index contributed by atoms with van der Waals surface area (Å²) in [5.74, 6) is -4.46. The summed E-state index contributed by atoms with van der Waals surface area (Å²) < 4.78 is 76.2. The van der Waals surface area contributed by atoms with E-state index in [1.54, 1.807) is 0 Å². The molecule has 0 aliphatic rings. The number of sulfonamides is 1. The second kappa shape index (κ2) is 6.14. The van der Waals surface area contributed by atoms with Crippen molar-refractivity contribution in [3.63, 3.8) is 0 Å². The third kappa shape index (κ3) is 3.78. The molecule has 0 bridgehead atoms. The fraction of sp³-hybridized carbons (Fsp3) is 0.0769. The lowest BCUT2D eigenvalue weighted by molar-refractivity contribution is 0.520. The van der Waals surface area contributed by atoms with Crippen LogP contribution in [-0.2, 0) is 10.0 Å². The molecular weight excluding hydrogens is 338 g/mol. The van der Waals surface area contributed by atoms with Gasteiger partial charge in [-0.15, -0.1) is 0 Å². The fourth-order valence-electron chi connectivity index (χ4n) is 1.93. The largest absolute Gasteiger partial charge is 0.366 e. The smallest absolute Gasteiger partial charge is 0.243 e. The molecule has 0 aliphatic heterocycles. The Bertz CT molecular complexity index is 835. The van der Waals surface area contributed by atoms with Gasteiger partial charge in [0, 0.05) is 11.3 Å². The minimum absolute atomic E-state index is 0.274. The van der Waals surface area contributed by atoms with Crippen LogP contribution in [0.25, 0.3) is 0 Å². The molecule has 0 fully saturated rings. The third-order valence-electron chi connectivity index (χ3n) is 2.90. The van der Waals surface area contributed by atoms with Crippen LogP contribution in [-0.4, -0.2) is 8.42 Å². The van der Waals surface area contributed by atoms with Crippen molar-refractivity contribution >= 4 is 15.7 Å². The lowest BCUT2D eigenvalue weighted by Gasteiger charge is -2.17. The van der Waals surface area contributed by atoms with E-state index in [1.165, 1.54) is 0 Å². The number of halogens is 4. The Morgan fingerprint density at radius 1 is 0.957 bits per heavy atom. The van der Waals surface area contributed by atoms with E-state index < -0.39 is 44.4 Å². The van der Waals surface area contributed by atoms with Gasteiger partial charge in [-0.25, -0.2) is 31.1 Å². The minimum Gasteiger partial charge on any atom is -0.366 e. The molecule has 10 heteroatoms. The van der Waals surface area contributed by atoms with Crippen molar-refractivity contribution < 1.29 is 26.0 Å². The third-order valence-corrected chi connectivity index (χ3v) is 3.86. The highest BCUT2D eigenvalue weighted by Crippen LogP contribution is 2.25. The molecule has 0 aliphatic carbocycles. The van der Waals surface area contributed by atoms with Gasteiger partial charge in [-0.2, -0.15) is 0 Å². The van der Waals surface area contributed by atoms with Gasteiger partial charge >= 0.3 is 0 Å². The van der Waals surface area contributed by atoms with Gasteiger partial charge in [0.15, 0.2) is 4.90 Å². The van der Waals surface area contributed by atoms with Crippen LogP contribution < -0.4 is 16.2 Å². The molecule has 23 heavy (non-hydrogen) atoms. The number of anilines is 1. The molecule has 2 aromatic rings. The van der Waals surface area contributed by atoms with Gasteiger partial charge < -0.3 is 11.1 Å².